The zero-order chi connectivity index (χ0) is 18.9. The number of piperidine rings is 1. The van der Waals surface area contributed by atoms with Gasteiger partial charge < -0.3 is 14.4 Å². The van der Waals surface area contributed by atoms with Gasteiger partial charge in [-0.25, -0.2) is 4.79 Å². The first-order chi connectivity index (χ1) is 13.8. The molecule has 7 heteroatoms. The van der Waals surface area contributed by atoms with Gasteiger partial charge in [-0.1, -0.05) is 19.3 Å². The molecule has 0 amide bonds. The molecule has 1 atom stereocenters. The Balaban J connectivity index is 1.31. The molecule has 1 aliphatic carbocycles. The number of nitrogens with zero attached hydrogens (tertiary/aromatic N) is 3. The van der Waals surface area contributed by atoms with Gasteiger partial charge >= 0.3 is 5.69 Å². The van der Waals surface area contributed by atoms with E-state index < -0.39 is 0 Å². The quantitative estimate of drug-likeness (QED) is 0.877. The molecule has 1 unspecified atom stereocenters. The van der Waals surface area contributed by atoms with Crippen molar-refractivity contribution in [2.24, 2.45) is 5.92 Å². The zero-order valence-corrected chi connectivity index (χ0v) is 16.2. The first kappa shape index (κ1) is 17.8. The Kier molecular flexibility index (Phi) is 4.84. The van der Waals surface area contributed by atoms with Crippen molar-refractivity contribution in [3.8, 4) is 17.2 Å². The van der Waals surface area contributed by atoms with Gasteiger partial charge in [-0.05, 0) is 50.3 Å². The lowest BCUT2D eigenvalue weighted by molar-refractivity contribution is 0.158. The van der Waals surface area contributed by atoms with Crippen molar-refractivity contribution in [3.05, 3.63) is 34.5 Å². The maximum absolute atomic E-state index is 12.5. The van der Waals surface area contributed by atoms with E-state index in [4.69, 9.17) is 9.47 Å². The third-order valence-electron chi connectivity index (χ3n) is 6.37. The summed E-state index contributed by atoms with van der Waals surface area (Å²) < 4.78 is 12.2. The summed E-state index contributed by atoms with van der Waals surface area (Å²) in [5.74, 6) is 3.30. The summed E-state index contributed by atoms with van der Waals surface area (Å²) in [7, 11) is 0. The Morgan fingerprint density at radius 2 is 1.93 bits per heavy atom. The monoisotopic (exact) mass is 384 g/mol. The third-order valence-corrected chi connectivity index (χ3v) is 6.37. The predicted octanol–water partition coefficient (Wildman–Crippen LogP) is 3.05. The van der Waals surface area contributed by atoms with E-state index in [1.165, 1.54) is 49.9 Å². The Morgan fingerprint density at radius 3 is 2.82 bits per heavy atom. The van der Waals surface area contributed by atoms with E-state index in [9.17, 15) is 4.79 Å². The summed E-state index contributed by atoms with van der Waals surface area (Å²) in [5.41, 5.74) is 0.505. The smallest absolute Gasteiger partial charge is 0.348 e. The van der Waals surface area contributed by atoms with Crippen LogP contribution in [0.15, 0.2) is 23.0 Å². The van der Waals surface area contributed by atoms with Gasteiger partial charge in [0.1, 0.15) is 5.82 Å². The van der Waals surface area contributed by atoms with Crippen LogP contribution in [0.1, 0.15) is 56.7 Å². The average Bonchev–Trinajstić information content (AvgIpc) is 3.35. The van der Waals surface area contributed by atoms with Crippen LogP contribution in [0, 0.1) is 5.92 Å². The number of benzene rings is 1. The summed E-state index contributed by atoms with van der Waals surface area (Å²) in [4.78, 5) is 18.1. The van der Waals surface area contributed by atoms with E-state index >= 15 is 0 Å². The number of likely N-dealkylation sites (tertiary alicyclic amines) is 1. The highest BCUT2D eigenvalue weighted by Gasteiger charge is 2.27. The maximum atomic E-state index is 12.5. The largest absolute Gasteiger partial charge is 0.454 e. The van der Waals surface area contributed by atoms with Crippen molar-refractivity contribution >= 4 is 0 Å². The van der Waals surface area contributed by atoms with Crippen molar-refractivity contribution in [1.29, 1.82) is 0 Å². The Morgan fingerprint density at radius 1 is 1.07 bits per heavy atom. The highest BCUT2D eigenvalue weighted by Crippen LogP contribution is 2.33. The third kappa shape index (κ3) is 3.55. The van der Waals surface area contributed by atoms with Crippen molar-refractivity contribution in [1.82, 2.24) is 19.7 Å². The second kappa shape index (κ2) is 7.62. The van der Waals surface area contributed by atoms with Crippen molar-refractivity contribution < 1.29 is 9.47 Å². The molecular weight excluding hydrogens is 356 g/mol. The number of ether oxygens (including phenoxy) is 2. The summed E-state index contributed by atoms with van der Waals surface area (Å²) in [6, 6.07) is 5.48. The summed E-state index contributed by atoms with van der Waals surface area (Å²) in [5, 5.41) is 4.64. The molecule has 1 saturated carbocycles. The van der Waals surface area contributed by atoms with E-state index in [-0.39, 0.29) is 12.5 Å². The van der Waals surface area contributed by atoms with Gasteiger partial charge in [0, 0.05) is 25.1 Å². The molecular formula is C21H28N4O3. The first-order valence-electron chi connectivity index (χ1n) is 10.6. The van der Waals surface area contributed by atoms with Gasteiger partial charge in [0.25, 0.3) is 0 Å². The van der Waals surface area contributed by atoms with E-state index in [1.807, 2.05) is 18.2 Å². The molecule has 0 bridgehead atoms. The number of hydrogen-bond acceptors (Lipinski definition) is 5. The van der Waals surface area contributed by atoms with Gasteiger partial charge in [0.2, 0.25) is 6.79 Å². The van der Waals surface area contributed by atoms with Gasteiger partial charge in [-0.2, -0.15) is 4.68 Å². The predicted molar refractivity (Wildman–Crippen MR) is 105 cm³/mol. The number of aromatic amines is 1. The van der Waals surface area contributed by atoms with Crippen LogP contribution in [0.4, 0.5) is 0 Å². The highest BCUT2D eigenvalue weighted by molar-refractivity contribution is 5.49. The van der Waals surface area contributed by atoms with Crippen LogP contribution in [0.3, 0.4) is 0 Å². The van der Waals surface area contributed by atoms with Crippen LogP contribution < -0.4 is 15.2 Å². The highest BCUT2D eigenvalue weighted by atomic mass is 16.7. The number of rotatable bonds is 4. The van der Waals surface area contributed by atoms with Crippen molar-refractivity contribution in [2.75, 3.05) is 26.4 Å². The molecule has 2 fully saturated rings. The van der Waals surface area contributed by atoms with E-state index in [0.29, 0.717) is 23.1 Å². The molecule has 0 radical (unpaired) electrons. The lowest BCUT2D eigenvalue weighted by Gasteiger charge is -2.35. The van der Waals surface area contributed by atoms with Crippen molar-refractivity contribution in [3.63, 3.8) is 0 Å². The van der Waals surface area contributed by atoms with Crippen LogP contribution in [0.5, 0.6) is 11.5 Å². The van der Waals surface area contributed by atoms with Gasteiger partial charge in [-0.3, -0.25) is 4.98 Å². The van der Waals surface area contributed by atoms with Crippen LogP contribution in [0.25, 0.3) is 5.69 Å². The minimum Gasteiger partial charge on any atom is -0.454 e. The summed E-state index contributed by atoms with van der Waals surface area (Å²) >= 11 is 0. The molecule has 1 aromatic carbocycles. The van der Waals surface area contributed by atoms with Crippen molar-refractivity contribution in [2.45, 2.75) is 50.9 Å². The lowest BCUT2D eigenvalue weighted by Crippen LogP contribution is -2.38. The van der Waals surface area contributed by atoms with Gasteiger partial charge in [-0.15, -0.1) is 5.10 Å². The molecule has 2 aromatic rings. The molecule has 1 saturated heterocycles. The normalized spacial score (nSPS) is 23.2. The topological polar surface area (TPSA) is 72.4 Å². The van der Waals surface area contributed by atoms with Gasteiger partial charge in [0.05, 0.1) is 5.69 Å². The Hall–Kier alpha value is -2.28. The molecule has 3 heterocycles. The fourth-order valence-electron chi connectivity index (χ4n) is 4.90. The molecule has 0 spiro atoms. The Labute approximate surface area is 164 Å². The zero-order valence-electron chi connectivity index (χ0n) is 16.2. The fraction of sp³-hybridized carbons (Fsp3) is 0.619. The minimum absolute atomic E-state index is 0.196. The second-order valence-corrected chi connectivity index (χ2v) is 8.37. The SMILES string of the molecule is O=c1[nH]c(C2CCCN(CC3CCCCC3)C2)nn1-c1ccc2c(c1)OCO2. The molecule has 1 N–H and O–H groups in total. The van der Waals surface area contributed by atoms with E-state index in [2.05, 4.69) is 15.0 Å². The number of aromatic nitrogens is 3. The van der Waals surface area contributed by atoms with Gasteiger partial charge in [0.15, 0.2) is 11.5 Å². The molecule has 2 aliphatic heterocycles. The van der Waals surface area contributed by atoms with Crippen LogP contribution in [-0.4, -0.2) is 46.1 Å². The average molecular weight is 384 g/mol. The van der Waals surface area contributed by atoms with Crippen LogP contribution in [0.2, 0.25) is 0 Å². The lowest BCUT2D eigenvalue weighted by atomic mass is 9.88. The van der Waals surface area contributed by atoms with E-state index in [1.54, 1.807) is 0 Å². The summed E-state index contributed by atoms with van der Waals surface area (Å²) in [6.07, 6.45) is 9.15. The van der Waals surface area contributed by atoms with Crippen LogP contribution in [-0.2, 0) is 0 Å². The number of hydrogen-bond donors (Lipinski definition) is 1. The number of H-pyrrole nitrogens is 1. The first-order valence-corrected chi connectivity index (χ1v) is 10.6. The molecule has 7 nitrogen and oxygen atoms in total. The number of fused-ring (bicyclic) bond motifs is 1. The molecule has 1 aromatic heterocycles. The van der Waals surface area contributed by atoms with Crippen LogP contribution >= 0.6 is 0 Å². The second-order valence-electron chi connectivity index (χ2n) is 8.37. The minimum atomic E-state index is -0.196. The maximum Gasteiger partial charge on any atom is 0.348 e. The molecule has 28 heavy (non-hydrogen) atoms. The molecule has 5 rings (SSSR count). The van der Waals surface area contributed by atoms with E-state index in [0.717, 1.165) is 31.1 Å². The number of nitrogens with one attached hydrogen (secondary N) is 1. The summed E-state index contributed by atoms with van der Waals surface area (Å²) in [6.45, 7) is 3.58. The standard InChI is InChI=1S/C21H28N4O3/c26-21-22-20(23-25(21)17-8-9-18-19(11-17)28-14-27-18)16-7-4-10-24(13-16)12-15-5-2-1-3-6-15/h8-9,11,15-16H,1-7,10,12-14H2,(H,22,23,26). The molecule has 3 aliphatic rings. The Bertz CT molecular complexity index is 884. The fourth-order valence-corrected chi connectivity index (χ4v) is 4.90. The molecule has 150 valence electrons.